The van der Waals surface area contributed by atoms with E-state index in [1.807, 2.05) is 0 Å². The molecule has 4 nitrogen and oxygen atoms in total. The molecule has 2 atom stereocenters. The third-order valence-electron chi connectivity index (χ3n) is 4.41. The van der Waals surface area contributed by atoms with Crippen LogP contribution in [0.1, 0.15) is 17.3 Å². The normalized spacial score (nSPS) is 26.3. The summed E-state index contributed by atoms with van der Waals surface area (Å²) in [5, 5.41) is 0. The van der Waals surface area contributed by atoms with Crippen LogP contribution in [0.5, 0.6) is 0 Å². The second kappa shape index (κ2) is 7.25. The van der Waals surface area contributed by atoms with E-state index in [2.05, 4.69) is 31.8 Å². The molecule has 118 valence electrons. The molecule has 2 fully saturated rings. The molecule has 3 heterocycles. The Kier molecular flexibility index (Phi) is 5.59. The number of nitrogens with zero attached hydrogens (tertiary/aromatic N) is 2. The maximum absolute atomic E-state index is 6.18. The Morgan fingerprint density at radius 2 is 2.19 bits per heavy atom. The van der Waals surface area contributed by atoms with Crippen molar-refractivity contribution in [1.29, 1.82) is 0 Å². The molecular weight excluding hydrogens is 374 g/mol. The van der Waals surface area contributed by atoms with Gasteiger partial charge in [-0.05, 0) is 28.4 Å². The highest BCUT2D eigenvalue weighted by Gasteiger charge is 2.33. The van der Waals surface area contributed by atoms with E-state index in [-0.39, 0.29) is 6.04 Å². The van der Waals surface area contributed by atoms with Crippen molar-refractivity contribution in [2.24, 2.45) is 5.73 Å². The van der Waals surface area contributed by atoms with E-state index >= 15 is 0 Å². The Bertz CT molecular complexity index is 461. The van der Waals surface area contributed by atoms with Gasteiger partial charge in [0.2, 0.25) is 0 Å². The van der Waals surface area contributed by atoms with Gasteiger partial charge >= 0.3 is 0 Å². The van der Waals surface area contributed by atoms with E-state index in [1.165, 1.54) is 11.3 Å². The molecule has 2 saturated heterocycles. The molecule has 3 rings (SSSR count). The molecule has 0 bridgehead atoms. The van der Waals surface area contributed by atoms with Crippen molar-refractivity contribution in [3.05, 3.63) is 19.8 Å². The molecule has 2 aliphatic rings. The topological polar surface area (TPSA) is 41.7 Å². The maximum atomic E-state index is 6.18. The zero-order valence-electron chi connectivity index (χ0n) is 11.9. The van der Waals surface area contributed by atoms with E-state index in [9.17, 15) is 0 Å². The highest BCUT2D eigenvalue weighted by Crippen LogP contribution is 2.38. The largest absolute Gasteiger partial charge is 0.379 e. The summed E-state index contributed by atoms with van der Waals surface area (Å²) < 4.78 is 7.24. The van der Waals surface area contributed by atoms with Crippen molar-refractivity contribution in [3.63, 3.8) is 0 Å². The number of hydrogen-bond donors (Lipinski definition) is 1. The van der Waals surface area contributed by atoms with Crippen molar-refractivity contribution in [1.82, 2.24) is 9.80 Å². The summed E-state index contributed by atoms with van der Waals surface area (Å²) in [5.74, 6) is 0. The lowest BCUT2D eigenvalue weighted by atomic mass is 10.2. The molecule has 21 heavy (non-hydrogen) atoms. The first-order valence-electron chi connectivity index (χ1n) is 7.39. The van der Waals surface area contributed by atoms with Crippen LogP contribution in [0.25, 0.3) is 0 Å². The summed E-state index contributed by atoms with van der Waals surface area (Å²) in [5.41, 5.74) is 6.04. The summed E-state index contributed by atoms with van der Waals surface area (Å²) in [4.78, 5) is 6.33. The number of hydrogen-bond acceptors (Lipinski definition) is 5. The van der Waals surface area contributed by atoms with Crippen molar-refractivity contribution >= 4 is 38.9 Å². The number of likely N-dealkylation sites (tertiary alicyclic amines) is 1. The van der Waals surface area contributed by atoms with Crippen LogP contribution in [0.4, 0.5) is 0 Å². The predicted octanol–water partition coefficient (Wildman–Crippen LogP) is 2.57. The van der Waals surface area contributed by atoms with Gasteiger partial charge in [0.1, 0.15) is 4.34 Å². The molecule has 1 aromatic rings. The minimum Gasteiger partial charge on any atom is -0.379 e. The van der Waals surface area contributed by atoms with E-state index in [0.717, 1.165) is 48.2 Å². The van der Waals surface area contributed by atoms with E-state index in [1.54, 1.807) is 11.3 Å². The monoisotopic (exact) mass is 393 g/mol. The second-order valence-corrected chi connectivity index (χ2v) is 8.15. The average Bonchev–Trinajstić information content (AvgIpc) is 3.10. The van der Waals surface area contributed by atoms with E-state index in [0.29, 0.717) is 12.6 Å². The van der Waals surface area contributed by atoms with Crippen LogP contribution >= 0.6 is 38.9 Å². The van der Waals surface area contributed by atoms with Gasteiger partial charge in [0, 0.05) is 48.1 Å². The average molecular weight is 395 g/mol. The summed E-state index contributed by atoms with van der Waals surface area (Å²) in [6, 6.07) is 3.04. The van der Waals surface area contributed by atoms with Crippen molar-refractivity contribution < 1.29 is 4.74 Å². The van der Waals surface area contributed by atoms with Crippen LogP contribution < -0.4 is 5.73 Å². The predicted molar refractivity (Wildman–Crippen MR) is 91.2 cm³/mol. The number of ether oxygens (including phenoxy) is 1. The van der Waals surface area contributed by atoms with Gasteiger partial charge < -0.3 is 10.5 Å². The zero-order chi connectivity index (χ0) is 14.8. The van der Waals surface area contributed by atoms with Crippen LogP contribution in [0.2, 0.25) is 4.34 Å². The van der Waals surface area contributed by atoms with Gasteiger partial charge in [-0.3, -0.25) is 9.80 Å². The third-order valence-corrected chi connectivity index (χ3v) is 6.99. The highest BCUT2D eigenvalue weighted by atomic mass is 79.9. The Morgan fingerprint density at radius 1 is 1.43 bits per heavy atom. The molecule has 2 N–H and O–H groups in total. The molecule has 0 aromatic carbocycles. The zero-order valence-corrected chi connectivity index (χ0v) is 15.1. The Hall–Kier alpha value is 0.310. The smallest absolute Gasteiger partial charge is 0.107 e. The Balaban J connectivity index is 1.65. The van der Waals surface area contributed by atoms with E-state index < -0.39 is 0 Å². The molecule has 0 radical (unpaired) electrons. The Morgan fingerprint density at radius 3 is 2.81 bits per heavy atom. The SMILES string of the molecule is NCC(c1cc(Br)c(Cl)s1)N1CCC(N2CCOCC2)C1. The molecule has 2 aliphatic heterocycles. The van der Waals surface area contributed by atoms with Crippen LogP contribution in [-0.4, -0.2) is 61.8 Å². The van der Waals surface area contributed by atoms with E-state index in [4.69, 9.17) is 22.1 Å². The number of nitrogens with two attached hydrogens (primary N) is 1. The standard InChI is InChI=1S/C14H21BrClN3OS/c15-11-7-13(21-14(11)16)12(8-17)19-2-1-10(9-19)18-3-5-20-6-4-18/h7,10,12H,1-6,8-9,17H2. The number of thiophene rings is 1. The Labute approximate surface area is 143 Å². The quantitative estimate of drug-likeness (QED) is 0.852. The van der Waals surface area contributed by atoms with Crippen LogP contribution in [0.3, 0.4) is 0 Å². The lowest BCUT2D eigenvalue weighted by Crippen LogP contribution is -2.45. The summed E-state index contributed by atoms with van der Waals surface area (Å²) >= 11 is 11.3. The fourth-order valence-electron chi connectivity index (χ4n) is 3.26. The fourth-order valence-corrected chi connectivity index (χ4v) is 5.15. The van der Waals surface area contributed by atoms with Crippen LogP contribution in [-0.2, 0) is 4.74 Å². The third kappa shape index (κ3) is 3.63. The molecule has 0 spiro atoms. The maximum Gasteiger partial charge on any atom is 0.107 e. The summed E-state index contributed by atoms with van der Waals surface area (Å²) in [6.07, 6.45) is 1.22. The molecule has 0 amide bonds. The fraction of sp³-hybridized carbons (Fsp3) is 0.714. The van der Waals surface area contributed by atoms with Crippen LogP contribution in [0.15, 0.2) is 10.5 Å². The number of morpholine rings is 1. The van der Waals surface area contributed by atoms with Crippen molar-refractivity contribution in [2.45, 2.75) is 18.5 Å². The number of rotatable bonds is 4. The molecular formula is C14H21BrClN3OS. The summed E-state index contributed by atoms with van der Waals surface area (Å²) in [6.45, 7) is 6.68. The van der Waals surface area contributed by atoms with Gasteiger partial charge in [-0.15, -0.1) is 11.3 Å². The van der Waals surface area contributed by atoms with Gasteiger partial charge in [-0.25, -0.2) is 0 Å². The van der Waals surface area contributed by atoms with Gasteiger partial charge in [-0.2, -0.15) is 0 Å². The molecule has 7 heteroatoms. The highest BCUT2D eigenvalue weighted by molar-refractivity contribution is 9.10. The minimum absolute atomic E-state index is 0.282. The molecule has 2 unspecified atom stereocenters. The summed E-state index contributed by atoms with van der Waals surface area (Å²) in [7, 11) is 0. The lowest BCUT2D eigenvalue weighted by Gasteiger charge is -2.33. The first kappa shape index (κ1) is 16.2. The van der Waals surface area contributed by atoms with Gasteiger partial charge in [-0.1, -0.05) is 11.6 Å². The molecule has 0 aliphatic carbocycles. The number of halogens is 2. The van der Waals surface area contributed by atoms with Crippen LogP contribution in [0, 0.1) is 0 Å². The minimum atomic E-state index is 0.282. The molecule has 1 aromatic heterocycles. The second-order valence-electron chi connectivity index (χ2n) is 5.61. The molecule has 0 saturated carbocycles. The lowest BCUT2D eigenvalue weighted by molar-refractivity contribution is 0.0177. The van der Waals surface area contributed by atoms with Gasteiger partial charge in [0.25, 0.3) is 0 Å². The van der Waals surface area contributed by atoms with Gasteiger partial charge in [0.05, 0.1) is 19.3 Å². The first-order valence-corrected chi connectivity index (χ1v) is 9.38. The van der Waals surface area contributed by atoms with Crippen molar-refractivity contribution in [3.8, 4) is 0 Å². The van der Waals surface area contributed by atoms with Crippen molar-refractivity contribution in [2.75, 3.05) is 45.9 Å². The first-order chi connectivity index (χ1) is 10.2. The van der Waals surface area contributed by atoms with Gasteiger partial charge in [0.15, 0.2) is 0 Å².